The predicted molar refractivity (Wildman–Crippen MR) is 54.5 cm³/mol. The van der Waals surface area contributed by atoms with Crippen LogP contribution in [0, 0.1) is 5.92 Å². The Morgan fingerprint density at radius 3 is 2.08 bits per heavy atom. The van der Waals surface area contributed by atoms with Crippen molar-refractivity contribution in [2.75, 3.05) is 25.1 Å². The van der Waals surface area contributed by atoms with E-state index in [1.807, 2.05) is 0 Å². The second-order valence-electron chi connectivity index (χ2n) is 5.03. The molecular formula is C9H19NO2S. The third kappa shape index (κ3) is 3.27. The van der Waals surface area contributed by atoms with Crippen LogP contribution in [0.25, 0.3) is 0 Å². The molecule has 0 aromatic carbocycles. The zero-order chi connectivity index (χ0) is 10.3. The quantitative estimate of drug-likeness (QED) is 0.668. The van der Waals surface area contributed by atoms with E-state index in [1.54, 1.807) is 0 Å². The maximum Gasteiger partial charge on any atom is 0.147 e. The summed E-state index contributed by atoms with van der Waals surface area (Å²) in [6, 6.07) is 0. The maximum absolute atomic E-state index is 11.0. The number of rotatable bonds is 2. The van der Waals surface area contributed by atoms with Gasteiger partial charge in [0.15, 0.2) is 0 Å². The molecule has 1 aliphatic rings. The average Bonchev–Trinajstić information content (AvgIpc) is 1.71. The fourth-order valence-electron chi connectivity index (χ4n) is 1.65. The summed E-state index contributed by atoms with van der Waals surface area (Å²) in [5.41, 5.74) is 0.188. The summed E-state index contributed by atoms with van der Waals surface area (Å²) in [6.45, 7) is 8.32. The minimum absolute atomic E-state index is 0.188. The average molecular weight is 205 g/mol. The lowest BCUT2D eigenvalue weighted by Crippen LogP contribution is -2.57. The molecule has 1 rings (SSSR count). The molecule has 3 nitrogen and oxygen atoms in total. The minimum Gasteiger partial charge on any atom is -0.298 e. The van der Waals surface area contributed by atoms with Gasteiger partial charge in [0.05, 0.1) is 5.75 Å². The van der Waals surface area contributed by atoms with E-state index in [2.05, 4.69) is 25.7 Å². The van der Waals surface area contributed by atoms with Gasteiger partial charge in [0, 0.05) is 24.9 Å². The van der Waals surface area contributed by atoms with E-state index in [9.17, 15) is 8.42 Å². The zero-order valence-electron chi connectivity index (χ0n) is 8.87. The van der Waals surface area contributed by atoms with Crippen LogP contribution < -0.4 is 0 Å². The van der Waals surface area contributed by atoms with Crippen LogP contribution in [0.1, 0.15) is 20.8 Å². The standard InChI is InChI=1S/C9H19NO2S/c1-9(2,3)10-5-8(6-10)7-13(4,11)12/h8H,5-7H2,1-4H3. The molecule has 1 fully saturated rings. The Hall–Kier alpha value is -0.0900. The van der Waals surface area contributed by atoms with Crippen molar-refractivity contribution in [3.8, 4) is 0 Å². The van der Waals surface area contributed by atoms with Crippen molar-refractivity contribution in [1.82, 2.24) is 4.90 Å². The summed E-state index contributed by atoms with van der Waals surface area (Å²) in [5, 5.41) is 0. The highest BCUT2D eigenvalue weighted by atomic mass is 32.2. The first kappa shape index (κ1) is 11.0. The van der Waals surface area contributed by atoms with E-state index in [4.69, 9.17) is 0 Å². The van der Waals surface area contributed by atoms with Gasteiger partial charge in [-0.1, -0.05) is 0 Å². The first-order valence-corrected chi connectivity index (χ1v) is 6.67. The summed E-state index contributed by atoms with van der Waals surface area (Å²) in [7, 11) is -2.78. The van der Waals surface area contributed by atoms with Crippen LogP contribution in [-0.4, -0.2) is 44.0 Å². The van der Waals surface area contributed by atoms with Gasteiger partial charge in [-0.05, 0) is 26.7 Å². The Labute approximate surface area is 81.0 Å². The van der Waals surface area contributed by atoms with E-state index in [1.165, 1.54) is 6.26 Å². The molecular weight excluding hydrogens is 186 g/mol. The Balaban J connectivity index is 2.35. The number of hydrogen-bond acceptors (Lipinski definition) is 3. The van der Waals surface area contributed by atoms with Gasteiger partial charge in [0.1, 0.15) is 9.84 Å². The molecule has 0 atom stereocenters. The number of likely N-dealkylation sites (tertiary alicyclic amines) is 1. The molecule has 1 saturated heterocycles. The van der Waals surface area contributed by atoms with Crippen LogP contribution in [0.4, 0.5) is 0 Å². The second-order valence-corrected chi connectivity index (χ2v) is 7.22. The molecule has 0 radical (unpaired) electrons. The fraction of sp³-hybridized carbons (Fsp3) is 1.00. The van der Waals surface area contributed by atoms with E-state index in [0.29, 0.717) is 11.7 Å². The largest absolute Gasteiger partial charge is 0.298 e. The summed E-state index contributed by atoms with van der Waals surface area (Å²) in [4.78, 5) is 2.31. The Morgan fingerprint density at radius 1 is 1.31 bits per heavy atom. The SMILES string of the molecule is CC(C)(C)N1CC(CS(C)(=O)=O)C1. The van der Waals surface area contributed by atoms with Crippen LogP contribution >= 0.6 is 0 Å². The van der Waals surface area contributed by atoms with E-state index < -0.39 is 9.84 Å². The molecule has 0 aromatic heterocycles. The summed E-state index contributed by atoms with van der Waals surface area (Å²) in [6.07, 6.45) is 1.31. The lowest BCUT2D eigenvalue weighted by Gasteiger charge is -2.47. The monoisotopic (exact) mass is 205 g/mol. The maximum atomic E-state index is 11.0. The van der Waals surface area contributed by atoms with Crippen molar-refractivity contribution in [2.45, 2.75) is 26.3 Å². The summed E-state index contributed by atoms with van der Waals surface area (Å²) < 4.78 is 21.9. The molecule has 4 heteroatoms. The molecule has 78 valence electrons. The number of hydrogen-bond donors (Lipinski definition) is 0. The van der Waals surface area contributed by atoms with Crippen molar-refractivity contribution in [2.24, 2.45) is 5.92 Å². The first-order chi connectivity index (χ1) is 5.68. The molecule has 0 bridgehead atoms. The van der Waals surface area contributed by atoms with Gasteiger partial charge in [-0.2, -0.15) is 0 Å². The van der Waals surface area contributed by atoms with E-state index in [-0.39, 0.29) is 5.54 Å². The van der Waals surface area contributed by atoms with E-state index >= 15 is 0 Å². The van der Waals surface area contributed by atoms with Crippen LogP contribution in [0.5, 0.6) is 0 Å². The zero-order valence-corrected chi connectivity index (χ0v) is 9.69. The van der Waals surface area contributed by atoms with Crippen LogP contribution in [0.3, 0.4) is 0 Å². The molecule has 0 amide bonds. The van der Waals surface area contributed by atoms with Crippen molar-refractivity contribution >= 4 is 9.84 Å². The van der Waals surface area contributed by atoms with Gasteiger partial charge in [-0.25, -0.2) is 8.42 Å². The minimum atomic E-state index is -2.78. The smallest absolute Gasteiger partial charge is 0.147 e. The van der Waals surface area contributed by atoms with Gasteiger partial charge < -0.3 is 0 Å². The molecule has 0 aromatic rings. The normalized spacial score (nSPS) is 21.5. The van der Waals surface area contributed by atoms with Gasteiger partial charge in [-0.15, -0.1) is 0 Å². The lowest BCUT2D eigenvalue weighted by molar-refractivity contribution is 0.0238. The van der Waals surface area contributed by atoms with E-state index in [0.717, 1.165) is 13.1 Å². The van der Waals surface area contributed by atoms with Crippen molar-refractivity contribution in [1.29, 1.82) is 0 Å². The predicted octanol–water partition coefficient (Wildman–Crippen LogP) is 0.761. The van der Waals surface area contributed by atoms with Crippen LogP contribution in [0.2, 0.25) is 0 Å². The number of sulfone groups is 1. The number of nitrogens with zero attached hydrogens (tertiary/aromatic N) is 1. The Kier molecular flexibility index (Phi) is 2.74. The molecule has 0 spiro atoms. The molecule has 1 heterocycles. The van der Waals surface area contributed by atoms with Crippen molar-refractivity contribution in [3.05, 3.63) is 0 Å². The molecule has 0 N–H and O–H groups in total. The van der Waals surface area contributed by atoms with Gasteiger partial charge in [0.2, 0.25) is 0 Å². The van der Waals surface area contributed by atoms with Gasteiger partial charge >= 0.3 is 0 Å². The molecule has 13 heavy (non-hydrogen) atoms. The lowest BCUT2D eigenvalue weighted by atomic mass is 9.94. The van der Waals surface area contributed by atoms with Crippen molar-refractivity contribution in [3.63, 3.8) is 0 Å². The van der Waals surface area contributed by atoms with Crippen LogP contribution in [-0.2, 0) is 9.84 Å². The van der Waals surface area contributed by atoms with Crippen molar-refractivity contribution < 1.29 is 8.42 Å². The highest BCUT2D eigenvalue weighted by Gasteiger charge is 2.35. The third-order valence-electron chi connectivity index (χ3n) is 2.44. The molecule has 0 aliphatic carbocycles. The highest BCUT2D eigenvalue weighted by molar-refractivity contribution is 7.90. The van der Waals surface area contributed by atoms with Gasteiger partial charge in [0.25, 0.3) is 0 Å². The Morgan fingerprint density at radius 2 is 1.77 bits per heavy atom. The molecule has 0 saturated carbocycles. The summed E-state index contributed by atoms with van der Waals surface area (Å²) >= 11 is 0. The highest BCUT2D eigenvalue weighted by Crippen LogP contribution is 2.25. The molecule has 1 aliphatic heterocycles. The Bertz CT molecular complexity index is 270. The second kappa shape index (κ2) is 3.24. The summed E-state index contributed by atoms with van der Waals surface area (Å²) in [5.74, 6) is 0.703. The fourth-order valence-corrected chi connectivity index (χ4v) is 2.72. The third-order valence-corrected chi connectivity index (χ3v) is 3.52. The van der Waals surface area contributed by atoms with Gasteiger partial charge in [-0.3, -0.25) is 4.90 Å². The van der Waals surface area contributed by atoms with Crippen LogP contribution in [0.15, 0.2) is 0 Å². The first-order valence-electron chi connectivity index (χ1n) is 4.61. The molecule has 0 unspecified atom stereocenters. The topological polar surface area (TPSA) is 37.4 Å².